The molecule has 0 N–H and O–H groups in total. The van der Waals surface area contributed by atoms with E-state index in [9.17, 15) is 0 Å². The number of rotatable bonds is 23. The van der Waals surface area contributed by atoms with Crippen molar-refractivity contribution in [2.24, 2.45) is 17.8 Å². The highest BCUT2D eigenvalue weighted by atomic mass is 127. The Morgan fingerprint density at radius 2 is 1.59 bits per heavy atom. The fourth-order valence-corrected chi connectivity index (χ4v) is 6.78. The summed E-state index contributed by atoms with van der Waals surface area (Å²) in [5.41, 5.74) is 4.49. The summed E-state index contributed by atoms with van der Waals surface area (Å²) in [5, 5.41) is 8.68. The van der Waals surface area contributed by atoms with Gasteiger partial charge in [0.2, 0.25) is 0 Å². The van der Waals surface area contributed by atoms with E-state index in [2.05, 4.69) is 61.5 Å². The molecule has 7 nitrogen and oxygen atoms in total. The topological polar surface area (TPSA) is 79.2 Å². The fraction of sp³-hybridized carbons (Fsp3) is 0.800. The van der Waals surface area contributed by atoms with E-state index < -0.39 is 0 Å². The van der Waals surface area contributed by atoms with Crippen LogP contribution in [-0.4, -0.2) is 31.5 Å². The van der Waals surface area contributed by atoms with Crippen LogP contribution in [0.2, 0.25) is 0 Å². The molecule has 0 saturated heterocycles. The lowest BCUT2D eigenvalue weighted by Crippen LogP contribution is -2.37. The molecule has 2 rings (SSSR count). The number of fused-ring (bicyclic) bond motifs is 1. The number of hydrogen-bond acceptors (Lipinski definition) is 7. The summed E-state index contributed by atoms with van der Waals surface area (Å²) in [4.78, 5) is 5.11. The minimum Gasteiger partial charge on any atom is -0.490 e. The predicted octanol–water partition coefficient (Wildman–Crippen LogP) is 10.6. The molecule has 0 spiro atoms. The van der Waals surface area contributed by atoms with Gasteiger partial charge in [-0.3, -0.25) is 0 Å². The van der Waals surface area contributed by atoms with E-state index in [4.69, 9.17) is 31.9 Å². The molecular weight excluding hydrogens is 688 g/mol. The smallest absolute Gasteiger partial charge is 0.155 e. The summed E-state index contributed by atoms with van der Waals surface area (Å²) < 4.78 is 29.1. The Morgan fingerprint density at radius 3 is 2.23 bits per heavy atom. The van der Waals surface area contributed by atoms with Crippen molar-refractivity contribution in [3.63, 3.8) is 0 Å². The van der Waals surface area contributed by atoms with E-state index in [0.29, 0.717) is 19.6 Å². The Bertz CT molecular complexity index is 1020. The number of nitriles is 1. The number of halogens is 1. The molecule has 0 saturated carbocycles. The Hall–Kier alpha value is -0.690. The lowest BCUT2D eigenvalue weighted by Gasteiger charge is -2.38. The van der Waals surface area contributed by atoms with Gasteiger partial charge in [0.1, 0.15) is 36.4 Å². The maximum atomic E-state index is 8.68. The molecule has 44 heavy (non-hydrogen) atoms. The van der Waals surface area contributed by atoms with E-state index in [1.165, 1.54) is 56.9 Å². The zero-order valence-corrected chi connectivity index (χ0v) is 31.8. The van der Waals surface area contributed by atoms with Crippen LogP contribution in [0, 0.1) is 49.9 Å². The summed E-state index contributed by atoms with van der Waals surface area (Å²) >= 11 is 1.68. The summed E-state index contributed by atoms with van der Waals surface area (Å²) in [6.45, 7) is 19.0. The van der Waals surface area contributed by atoms with Crippen LogP contribution < -0.4 is 9.47 Å². The average molecular weight is 748 g/mol. The molecule has 0 fully saturated rings. The van der Waals surface area contributed by atoms with Gasteiger partial charge in [-0.25, -0.2) is 4.89 Å². The van der Waals surface area contributed by atoms with Crippen LogP contribution in [0.15, 0.2) is 0 Å². The molecule has 1 aromatic carbocycles. The lowest BCUT2D eigenvalue weighted by atomic mass is 9.83. The van der Waals surface area contributed by atoms with Crippen LogP contribution in [0.25, 0.3) is 0 Å². The molecule has 1 heterocycles. The van der Waals surface area contributed by atoms with Crippen LogP contribution >= 0.6 is 32.0 Å². The maximum absolute atomic E-state index is 8.68. The molecule has 0 radical (unpaired) electrons. The van der Waals surface area contributed by atoms with E-state index in [1.807, 2.05) is 0 Å². The second-order valence-electron chi connectivity index (χ2n) is 13.7. The average Bonchev–Trinajstić information content (AvgIpc) is 2.97. The second kappa shape index (κ2) is 21.2. The third-order valence-electron chi connectivity index (χ3n) is 9.14. The highest BCUT2D eigenvalue weighted by Crippen LogP contribution is 2.45. The summed E-state index contributed by atoms with van der Waals surface area (Å²) in [6.07, 6.45) is 13.7. The predicted molar refractivity (Wildman–Crippen MR) is 189 cm³/mol. The Labute approximate surface area is 284 Å². The third kappa shape index (κ3) is 14.0. The Morgan fingerprint density at radius 1 is 0.932 bits per heavy atom. The first-order valence-corrected chi connectivity index (χ1v) is 18.4. The summed E-state index contributed by atoms with van der Waals surface area (Å²) in [6, 6.07) is 2.06. The second-order valence-corrected chi connectivity index (χ2v) is 14.7. The van der Waals surface area contributed by atoms with E-state index >= 15 is 0 Å². The van der Waals surface area contributed by atoms with Gasteiger partial charge >= 0.3 is 0 Å². The van der Waals surface area contributed by atoms with Crippen molar-refractivity contribution < 1.29 is 26.6 Å². The van der Waals surface area contributed by atoms with Gasteiger partial charge in [-0.1, -0.05) is 72.6 Å². The zero-order chi connectivity index (χ0) is 32.5. The van der Waals surface area contributed by atoms with Crippen molar-refractivity contribution in [1.82, 2.24) is 0 Å². The van der Waals surface area contributed by atoms with Crippen molar-refractivity contribution in [2.45, 2.75) is 144 Å². The van der Waals surface area contributed by atoms with Gasteiger partial charge in [0.15, 0.2) is 32.0 Å². The summed E-state index contributed by atoms with van der Waals surface area (Å²) in [7, 11) is -0.203. The van der Waals surface area contributed by atoms with Crippen molar-refractivity contribution in [3.05, 3.63) is 22.3 Å². The quantitative estimate of drug-likeness (QED) is 0.0363. The molecule has 252 valence electrons. The van der Waals surface area contributed by atoms with Gasteiger partial charge in [-0.05, 0) is 87.8 Å². The third-order valence-corrected chi connectivity index (χ3v) is 10.1. The molecule has 9 heteroatoms. The maximum Gasteiger partial charge on any atom is 0.155 e. The van der Waals surface area contributed by atoms with Crippen molar-refractivity contribution in [3.8, 4) is 17.6 Å². The highest BCUT2D eigenvalue weighted by Gasteiger charge is 2.34. The van der Waals surface area contributed by atoms with Crippen LogP contribution in [0.1, 0.15) is 128 Å². The molecule has 5 unspecified atom stereocenters. The zero-order valence-electron chi connectivity index (χ0n) is 28.7. The minimum absolute atomic E-state index is 0.133. The molecule has 0 bridgehead atoms. The Balaban J connectivity index is 1.89. The van der Waals surface area contributed by atoms with Crippen molar-refractivity contribution in [2.75, 3.05) is 19.8 Å². The highest BCUT2D eigenvalue weighted by molar-refractivity contribution is 14.1. The van der Waals surface area contributed by atoms with Gasteiger partial charge in [0.05, 0.1) is 19.1 Å². The number of nitrogens with zero attached hydrogens (tertiary/aromatic N) is 1. The number of hydrogen-bond donors (Lipinski definition) is 0. The van der Waals surface area contributed by atoms with Crippen molar-refractivity contribution >= 4 is 32.0 Å². The first-order valence-electron chi connectivity index (χ1n) is 16.7. The lowest BCUT2D eigenvalue weighted by molar-refractivity contribution is -0.186. The van der Waals surface area contributed by atoms with Gasteiger partial charge in [0.25, 0.3) is 0 Å². The monoisotopic (exact) mass is 747 g/mol. The van der Waals surface area contributed by atoms with Crippen LogP contribution in [-0.2, 0) is 23.6 Å². The minimum atomic E-state index is -0.375. The van der Waals surface area contributed by atoms with E-state index in [-0.39, 0.29) is 27.3 Å². The molecule has 1 aliphatic heterocycles. The normalized spacial score (nSPS) is 18.7. The van der Waals surface area contributed by atoms with E-state index in [1.54, 1.807) is 23.0 Å². The first-order chi connectivity index (χ1) is 21.0. The summed E-state index contributed by atoms with van der Waals surface area (Å²) in [5.74, 6) is 4.39. The SMILES string of the molecule is Cc1c(C)c2c(c(C)c1OCC(COOI)OPOCCC#N)CCC(C)(CCCC(C)CCCC(C)CCCC(C)C)O2. The Kier molecular flexibility index (Phi) is 19.1. The van der Waals surface area contributed by atoms with Crippen LogP contribution in [0.4, 0.5) is 0 Å². The molecule has 1 aromatic rings. The van der Waals surface area contributed by atoms with Gasteiger partial charge in [-0.15, -0.1) is 0 Å². The van der Waals surface area contributed by atoms with Gasteiger partial charge in [0, 0.05) is 5.56 Å². The van der Waals surface area contributed by atoms with Crippen LogP contribution in [0.5, 0.6) is 11.5 Å². The fourth-order valence-electron chi connectivity index (χ4n) is 6.11. The molecule has 5 atom stereocenters. The standard InChI is InChI=1S/C35H59INO6P/c1-25(2)13-9-14-26(3)15-10-16-27(4)17-11-19-35(8)20-18-32-30(7)33(28(5)29(6)34(32)41-35)38-23-31(24-39-43-36)42-44-40-22-12-21-37/h25-27,31,44H,9-20,22-24H2,1-8H3. The largest absolute Gasteiger partial charge is 0.490 e. The van der Waals surface area contributed by atoms with Crippen LogP contribution in [0.3, 0.4) is 0 Å². The van der Waals surface area contributed by atoms with Crippen molar-refractivity contribution in [1.29, 1.82) is 5.26 Å². The number of benzene rings is 1. The number of ether oxygens (including phenoxy) is 2. The first kappa shape index (κ1) is 39.5. The van der Waals surface area contributed by atoms with E-state index in [0.717, 1.165) is 65.2 Å². The molecule has 0 amide bonds. The molecule has 0 aliphatic carbocycles. The molecule has 1 aliphatic rings. The van der Waals surface area contributed by atoms with Gasteiger partial charge < -0.3 is 18.5 Å². The van der Waals surface area contributed by atoms with Gasteiger partial charge in [-0.2, -0.15) is 8.48 Å². The molecular formula is C35H59INO6P. The molecule has 0 aromatic heterocycles.